The number of aromatic nitrogens is 1. The number of fused-ring (bicyclic) bond motifs is 2. The molecule has 1 aliphatic carbocycles. The molecule has 1 aliphatic rings. The van der Waals surface area contributed by atoms with E-state index in [1.54, 1.807) is 17.6 Å². The fourth-order valence-electron chi connectivity index (χ4n) is 3.98. The molecule has 3 N–H and O–H groups in total. The van der Waals surface area contributed by atoms with Crippen molar-refractivity contribution in [3.63, 3.8) is 0 Å². The summed E-state index contributed by atoms with van der Waals surface area (Å²) in [5, 5.41) is 3.99. The van der Waals surface area contributed by atoms with Gasteiger partial charge in [0.05, 0.1) is 18.1 Å². The summed E-state index contributed by atoms with van der Waals surface area (Å²) in [6, 6.07) is 11.9. The summed E-state index contributed by atoms with van der Waals surface area (Å²) in [5.41, 5.74) is 9.90. The number of pyridine rings is 1. The van der Waals surface area contributed by atoms with E-state index in [4.69, 9.17) is 5.73 Å². The number of carbonyl (C=O) groups is 1. The van der Waals surface area contributed by atoms with Crippen molar-refractivity contribution < 1.29 is 9.18 Å². The van der Waals surface area contributed by atoms with Crippen LogP contribution in [0.25, 0.3) is 10.9 Å². The largest absolute Gasteiger partial charge is 0.368 e. The number of rotatable bonds is 6. The zero-order valence-corrected chi connectivity index (χ0v) is 16.4. The molecule has 1 atom stereocenters. The maximum Gasteiger partial charge on any atom is 0.255 e. The lowest BCUT2D eigenvalue weighted by molar-refractivity contribution is -0.119. The molecule has 0 unspecified atom stereocenters. The third kappa shape index (κ3) is 3.93. The minimum Gasteiger partial charge on any atom is -0.368 e. The molecular weight excluding hydrogens is 369 g/mol. The first-order valence-electron chi connectivity index (χ1n) is 9.88. The van der Waals surface area contributed by atoms with E-state index in [1.807, 2.05) is 12.1 Å². The highest BCUT2D eigenvalue weighted by Crippen LogP contribution is 2.27. The van der Waals surface area contributed by atoms with E-state index in [0.717, 1.165) is 35.7 Å². The van der Waals surface area contributed by atoms with E-state index < -0.39 is 11.9 Å². The second-order valence-electron chi connectivity index (χ2n) is 7.73. The Morgan fingerprint density at radius 3 is 2.69 bits per heavy atom. The number of primary amides is 1. The Bertz CT molecular complexity index is 1150. The van der Waals surface area contributed by atoms with Gasteiger partial charge in [-0.1, -0.05) is 12.1 Å². The zero-order valence-electron chi connectivity index (χ0n) is 16.4. The molecular formula is C23H24FN3O2. The molecule has 0 saturated heterocycles. The maximum atomic E-state index is 13.7. The molecule has 1 aromatic heterocycles. The van der Waals surface area contributed by atoms with Crippen LogP contribution >= 0.6 is 0 Å². The Labute approximate surface area is 168 Å². The monoisotopic (exact) mass is 393 g/mol. The average molecular weight is 393 g/mol. The summed E-state index contributed by atoms with van der Waals surface area (Å²) in [4.78, 5) is 24.6. The number of nitrogens with zero attached hydrogens (tertiary/aromatic N) is 1. The Morgan fingerprint density at radius 2 is 1.97 bits per heavy atom. The van der Waals surface area contributed by atoms with Gasteiger partial charge in [-0.15, -0.1) is 0 Å². The first kappa shape index (κ1) is 19.3. The number of hydrogen-bond donors (Lipinski definition) is 2. The first-order valence-corrected chi connectivity index (χ1v) is 9.88. The van der Waals surface area contributed by atoms with Crippen LogP contribution in [0.5, 0.6) is 0 Å². The summed E-state index contributed by atoms with van der Waals surface area (Å²) in [7, 11) is 0. The molecule has 4 rings (SSSR count). The quantitative estimate of drug-likeness (QED) is 0.676. The first-order chi connectivity index (χ1) is 13.9. The predicted octanol–water partition coefficient (Wildman–Crippen LogP) is 2.64. The van der Waals surface area contributed by atoms with Gasteiger partial charge >= 0.3 is 0 Å². The molecule has 0 saturated carbocycles. The van der Waals surface area contributed by atoms with Crippen molar-refractivity contribution in [2.75, 3.05) is 0 Å². The third-order valence-electron chi connectivity index (χ3n) is 5.64. The average Bonchev–Trinajstić information content (AvgIpc) is 3.14. The molecule has 0 radical (unpaired) electrons. The van der Waals surface area contributed by atoms with Crippen LogP contribution in [0.1, 0.15) is 35.6 Å². The highest BCUT2D eigenvalue weighted by molar-refractivity contribution is 5.82. The SMILES string of the molecule is C[C@H](NCc1cc2cc3c(cc2n(Cc2cccc(F)c2)c1=O)CCC3)C(N)=O. The smallest absolute Gasteiger partial charge is 0.255 e. The van der Waals surface area contributed by atoms with Gasteiger partial charge in [0.2, 0.25) is 5.91 Å². The molecule has 0 spiro atoms. The molecule has 0 aliphatic heterocycles. The van der Waals surface area contributed by atoms with Crippen LogP contribution in [0.3, 0.4) is 0 Å². The van der Waals surface area contributed by atoms with Gasteiger partial charge in [-0.05, 0) is 78.6 Å². The normalized spacial score (nSPS) is 14.1. The minimum absolute atomic E-state index is 0.149. The molecule has 0 fully saturated rings. The van der Waals surface area contributed by atoms with Gasteiger partial charge in [-0.25, -0.2) is 4.39 Å². The highest BCUT2D eigenvalue weighted by atomic mass is 19.1. The molecule has 29 heavy (non-hydrogen) atoms. The Kier molecular flexibility index (Phi) is 5.20. The van der Waals surface area contributed by atoms with E-state index in [0.29, 0.717) is 5.56 Å². The second-order valence-corrected chi connectivity index (χ2v) is 7.73. The van der Waals surface area contributed by atoms with Gasteiger partial charge < -0.3 is 15.6 Å². The molecule has 3 aromatic rings. The van der Waals surface area contributed by atoms with Gasteiger partial charge in [-0.2, -0.15) is 0 Å². The summed E-state index contributed by atoms with van der Waals surface area (Å²) in [6.07, 6.45) is 3.17. The van der Waals surface area contributed by atoms with Gasteiger partial charge in [-0.3, -0.25) is 9.59 Å². The Morgan fingerprint density at radius 1 is 1.21 bits per heavy atom. The topological polar surface area (TPSA) is 77.1 Å². The molecule has 6 heteroatoms. The van der Waals surface area contributed by atoms with E-state index in [9.17, 15) is 14.0 Å². The van der Waals surface area contributed by atoms with Crippen LogP contribution in [0.2, 0.25) is 0 Å². The number of carbonyl (C=O) groups excluding carboxylic acids is 1. The number of aryl methyl sites for hydroxylation is 2. The van der Waals surface area contributed by atoms with E-state index in [1.165, 1.54) is 23.3 Å². The number of nitrogens with one attached hydrogen (secondary N) is 1. The number of hydrogen-bond acceptors (Lipinski definition) is 3. The lowest BCUT2D eigenvalue weighted by atomic mass is 10.0. The fraction of sp³-hybridized carbons (Fsp3) is 0.304. The second kappa shape index (κ2) is 7.79. The van der Waals surface area contributed by atoms with Gasteiger partial charge in [0.25, 0.3) is 5.56 Å². The molecule has 1 amide bonds. The predicted molar refractivity (Wildman–Crippen MR) is 111 cm³/mol. The molecule has 150 valence electrons. The van der Waals surface area contributed by atoms with Crippen molar-refractivity contribution in [3.8, 4) is 0 Å². The van der Waals surface area contributed by atoms with Gasteiger partial charge in [0, 0.05) is 12.1 Å². The summed E-state index contributed by atoms with van der Waals surface area (Å²) >= 11 is 0. The summed E-state index contributed by atoms with van der Waals surface area (Å²) in [5.74, 6) is -0.794. The zero-order chi connectivity index (χ0) is 20.5. The lowest BCUT2D eigenvalue weighted by Crippen LogP contribution is -2.39. The van der Waals surface area contributed by atoms with E-state index in [-0.39, 0.29) is 24.5 Å². The van der Waals surface area contributed by atoms with E-state index in [2.05, 4.69) is 17.4 Å². The van der Waals surface area contributed by atoms with Crippen molar-refractivity contribution in [1.82, 2.24) is 9.88 Å². The summed E-state index contributed by atoms with van der Waals surface area (Å²) < 4.78 is 15.4. The maximum absolute atomic E-state index is 13.7. The highest BCUT2D eigenvalue weighted by Gasteiger charge is 2.17. The third-order valence-corrected chi connectivity index (χ3v) is 5.64. The van der Waals surface area contributed by atoms with Crippen LogP contribution in [0.4, 0.5) is 4.39 Å². The van der Waals surface area contributed by atoms with Crippen molar-refractivity contribution >= 4 is 16.8 Å². The fourth-order valence-corrected chi connectivity index (χ4v) is 3.98. The van der Waals surface area contributed by atoms with Crippen LogP contribution in [-0.2, 0) is 30.7 Å². The minimum atomic E-state index is -0.540. The van der Waals surface area contributed by atoms with Crippen LogP contribution in [0, 0.1) is 5.82 Å². The van der Waals surface area contributed by atoms with Crippen LogP contribution in [0.15, 0.2) is 47.3 Å². The molecule has 5 nitrogen and oxygen atoms in total. The molecule has 0 bridgehead atoms. The Balaban J connectivity index is 1.82. The van der Waals surface area contributed by atoms with E-state index >= 15 is 0 Å². The van der Waals surface area contributed by atoms with Crippen molar-refractivity contribution in [3.05, 3.63) is 80.9 Å². The summed E-state index contributed by atoms with van der Waals surface area (Å²) in [6.45, 7) is 2.19. The van der Waals surface area contributed by atoms with Crippen molar-refractivity contribution in [2.45, 2.75) is 45.3 Å². The standard InChI is InChI=1S/C23H24FN3O2/c1-14(22(25)28)26-12-19-10-18-9-16-5-3-6-17(16)11-21(18)27(23(19)29)13-15-4-2-7-20(24)8-15/h2,4,7-11,14,26H,3,5-6,12-13H2,1H3,(H2,25,28)/t14-/m0/s1. The van der Waals surface area contributed by atoms with Gasteiger partial charge in [0.1, 0.15) is 5.82 Å². The molecule has 1 heterocycles. The van der Waals surface area contributed by atoms with Gasteiger partial charge in [0.15, 0.2) is 0 Å². The lowest BCUT2D eigenvalue weighted by Gasteiger charge is -2.16. The van der Waals surface area contributed by atoms with Crippen molar-refractivity contribution in [1.29, 1.82) is 0 Å². The number of halogens is 1. The van der Waals surface area contributed by atoms with Crippen molar-refractivity contribution in [2.24, 2.45) is 5.73 Å². The Hall–Kier alpha value is -2.99. The van der Waals surface area contributed by atoms with Crippen LogP contribution in [-0.4, -0.2) is 16.5 Å². The molecule has 2 aromatic carbocycles. The number of amides is 1. The number of nitrogens with two attached hydrogens (primary N) is 1. The number of benzene rings is 2. The van der Waals surface area contributed by atoms with Crippen LogP contribution < -0.4 is 16.6 Å².